The number of halogens is 1. The van der Waals surface area contributed by atoms with Gasteiger partial charge in [0.25, 0.3) is 5.89 Å². The summed E-state index contributed by atoms with van der Waals surface area (Å²) in [6, 6.07) is 14.5. The Morgan fingerprint density at radius 2 is 1.88 bits per heavy atom. The second-order valence-corrected chi connectivity index (χ2v) is 5.72. The molecule has 2 N–H and O–H groups in total. The molecule has 0 saturated heterocycles. The fraction of sp³-hybridized carbons (Fsp3) is 0.0588. The zero-order chi connectivity index (χ0) is 18.1. The molecule has 0 bridgehead atoms. The van der Waals surface area contributed by atoms with Crippen LogP contribution in [0.2, 0.25) is 5.02 Å². The number of nitrogens with two attached hydrogens (primary N) is 1. The van der Waals surface area contributed by atoms with Gasteiger partial charge in [0.05, 0.1) is 12.1 Å². The summed E-state index contributed by atoms with van der Waals surface area (Å²) in [7, 11) is 1.57. The first-order valence-corrected chi connectivity index (χ1v) is 8.00. The quantitative estimate of drug-likeness (QED) is 0.589. The van der Waals surface area contributed by atoms with Crippen LogP contribution in [0.3, 0.4) is 0 Å². The van der Waals surface area contributed by atoms with Crippen LogP contribution < -0.4 is 10.5 Å². The molecule has 0 aliphatic rings. The van der Waals surface area contributed by atoms with E-state index in [0.717, 1.165) is 0 Å². The number of aromatic nitrogens is 5. The molecule has 9 heteroatoms. The van der Waals surface area contributed by atoms with E-state index in [1.807, 2.05) is 30.3 Å². The lowest BCUT2D eigenvalue weighted by Crippen LogP contribution is -2.04. The van der Waals surface area contributed by atoms with Gasteiger partial charge in [0.2, 0.25) is 5.82 Å². The van der Waals surface area contributed by atoms with Crippen LogP contribution in [0.4, 0.5) is 5.82 Å². The summed E-state index contributed by atoms with van der Waals surface area (Å²) in [6.07, 6.45) is 0. The maximum Gasteiger partial charge on any atom is 0.282 e. The minimum atomic E-state index is 0.151. The third kappa shape index (κ3) is 2.66. The molecule has 0 amide bonds. The lowest BCUT2D eigenvalue weighted by molar-refractivity contribution is 0.411. The van der Waals surface area contributed by atoms with Crippen molar-refractivity contribution < 1.29 is 9.26 Å². The van der Waals surface area contributed by atoms with Gasteiger partial charge in [0.1, 0.15) is 11.4 Å². The van der Waals surface area contributed by atoms with E-state index in [9.17, 15) is 0 Å². The second kappa shape index (κ2) is 6.49. The highest BCUT2D eigenvalue weighted by atomic mass is 35.5. The fourth-order valence-corrected chi connectivity index (χ4v) is 2.72. The number of hydrogen-bond acceptors (Lipinski definition) is 7. The van der Waals surface area contributed by atoms with Gasteiger partial charge in [-0.15, -0.1) is 5.10 Å². The molecule has 130 valence electrons. The number of benzene rings is 2. The van der Waals surface area contributed by atoms with Gasteiger partial charge in [-0.1, -0.05) is 46.2 Å². The summed E-state index contributed by atoms with van der Waals surface area (Å²) in [6.45, 7) is 0. The molecule has 8 nitrogen and oxygen atoms in total. The van der Waals surface area contributed by atoms with Crippen LogP contribution >= 0.6 is 11.6 Å². The van der Waals surface area contributed by atoms with E-state index in [1.165, 1.54) is 4.68 Å². The predicted octanol–water partition coefficient (Wildman–Crippen LogP) is 3.23. The van der Waals surface area contributed by atoms with E-state index >= 15 is 0 Å². The van der Waals surface area contributed by atoms with Crippen molar-refractivity contribution in [3.8, 4) is 34.4 Å². The third-order valence-electron chi connectivity index (χ3n) is 3.76. The molecule has 2 aromatic carbocycles. The van der Waals surface area contributed by atoms with Crippen LogP contribution in [0.5, 0.6) is 5.75 Å². The van der Waals surface area contributed by atoms with Crippen molar-refractivity contribution in [2.45, 2.75) is 0 Å². The molecule has 26 heavy (non-hydrogen) atoms. The van der Waals surface area contributed by atoms with Crippen molar-refractivity contribution in [2.24, 2.45) is 0 Å². The highest BCUT2D eigenvalue weighted by molar-refractivity contribution is 6.33. The van der Waals surface area contributed by atoms with Crippen LogP contribution in [0, 0.1) is 0 Å². The number of para-hydroxylation sites is 2. The topological polar surface area (TPSA) is 105 Å². The van der Waals surface area contributed by atoms with Crippen molar-refractivity contribution >= 4 is 17.4 Å². The van der Waals surface area contributed by atoms with Gasteiger partial charge in [-0.05, 0) is 24.3 Å². The van der Waals surface area contributed by atoms with Gasteiger partial charge in [-0.25, -0.2) is 0 Å². The minimum Gasteiger partial charge on any atom is -0.494 e. The lowest BCUT2D eigenvalue weighted by Gasteiger charge is -2.08. The number of methoxy groups -OCH3 is 1. The van der Waals surface area contributed by atoms with Crippen molar-refractivity contribution in [1.82, 2.24) is 25.1 Å². The molecule has 0 aliphatic heterocycles. The molecule has 0 fully saturated rings. The summed E-state index contributed by atoms with van der Waals surface area (Å²) in [5.74, 6) is 1.36. The molecule has 0 atom stereocenters. The molecular weight excluding hydrogens is 356 g/mol. The number of hydrogen-bond donors (Lipinski definition) is 1. The molecule has 2 heterocycles. The summed E-state index contributed by atoms with van der Waals surface area (Å²) < 4.78 is 12.1. The van der Waals surface area contributed by atoms with E-state index in [-0.39, 0.29) is 17.4 Å². The molecule has 4 rings (SSSR count). The highest BCUT2D eigenvalue weighted by Crippen LogP contribution is 2.31. The standard InChI is InChI=1S/C17H13ClN6O2/c1-25-13-9-5-4-8-12(13)24-15(19)14(21-23-24)17-20-16(22-26-17)10-6-2-3-7-11(10)18/h2-9H,19H2,1H3. The zero-order valence-electron chi connectivity index (χ0n) is 13.6. The van der Waals surface area contributed by atoms with Crippen LogP contribution in [-0.2, 0) is 0 Å². The molecule has 4 aromatic rings. The monoisotopic (exact) mass is 368 g/mol. The largest absolute Gasteiger partial charge is 0.494 e. The van der Waals surface area contributed by atoms with Gasteiger partial charge in [0.15, 0.2) is 11.5 Å². The van der Waals surface area contributed by atoms with Gasteiger partial charge >= 0.3 is 0 Å². The predicted molar refractivity (Wildman–Crippen MR) is 96.1 cm³/mol. The molecule has 0 unspecified atom stereocenters. The molecule has 0 saturated carbocycles. The Kier molecular flexibility index (Phi) is 4.02. The summed E-state index contributed by atoms with van der Waals surface area (Å²) in [4.78, 5) is 4.33. The molecule has 2 aromatic heterocycles. The Labute approximate surface area is 153 Å². The Bertz CT molecular complexity index is 1070. The van der Waals surface area contributed by atoms with E-state index in [0.29, 0.717) is 27.8 Å². The van der Waals surface area contributed by atoms with Crippen molar-refractivity contribution in [3.63, 3.8) is 0 Å². The number of anilines is 1. The summed E-state index contributed by atoms with van der Waals surface area (Å²) in [5.41, 5.74) is 7.78. The average molecular weight is 369 g/mol. The zero-order valence-corrected chi connectivity index (χ0v) is 14.4. The number of nitrogens with zero attached hydrogens (tertiary/aromatic N) is 5. The van der Waals surface area contributed by atoms with Gasteiger partial charge < -0.3 is 15.0 Å². The van der Waals surface area contributed by atoms with Crippen molar-refractivity contribution in [1.29, 1.82) is 0 Å². The van der Waals surface area contributed by atoms with Crippen LogP contribution in [0.15, 0.2) is 53.1 Å². The maximum absolute atomic E-state index is 6.20. The molecular formula is C17H13ClN6O2. The summed E-state index contributed by atoms with van der Waals surface area (Å²) in [5, 5.41) is 12.6. The molecule has 0 aliphatic carbocycles. The average Bonchev–Trinajstić information content (AvgIpc) is 3.29. The van der Waals surface area contributed by atoms with Crippen LogP contribution in [0.25, 0.3) is 28.7 Å². The Morgan fingerprint density at radius 1 is 1.12 bits per heavy atom. The first kappa shape index (κ1) is 16.1. The smallest absolute Gasteiger partial charge is 0.282 e. The molecule has 0 spiro atoms. The number of ether oxygens (including phenoxy) is 1. The van der Waals surface area contributed by atoms with E-state index in [2.05, 4.69) is 20.5 Å². The second-order valence-electron chi connectivity index (χ2n) is 5.31. The van der Waals surface area contributed by atoms with Crippen LogP contribution in [0.1, 0.15) is 0 Å². The van der Waals surface area contributed by atoms with E-state index < -0.39 is 0 Å². The molecule has 0 radical (unpaired) electrons. The third-order valence-corrected chi connectivity index (χ3v) is 4.09. The highest BCUT2D eigenvalue weighted by Gasteiger charge is 2.21. The van der Waals surface area contributed by atoms with E-state index in [1.54, 1.807) is 25.3 Å². The van der Waals surface area contributed by atoms with Crippen LogP contribution in [-0.4, -0.2) is 32.2 Å². The Hall–Kier alpha value is -3.39. The lowest BCUT2D eigenvalue weighted by atomic mass is 10.2. The number of nitrogen functional groups attached to an aromatic ring is 1. The van der Waals surface area contributed by atoms with Crippen molar-refractivity contribution in [3.05, 3.63) is 53.6 Å². The van der Waals surface area contributed by atoms with Gasteiger partial charge in [-0.3, -0.25) is 0 Å². The number of rotatable bonds is 4. The Balaban J connectivity index is 1.75. The van der Waals surface area contributed by atoms with Gasteiger partial charge in [-0.2, -0.15) is 9.67 Å². The van der Waals surface area contributed by atoms with Gasteiger partial charge in [0, 0.05) is 5.56 Å². The SMILES string of the molecule is COc1ccccc1-n1nnc(-c2nc(-c3ccccc3Cl)no2)c1N. The summed E-state index contributed by atoms with van der Waals surface area (Å²) >= 11 is 6.17. The fourth-order valence-electron chi connectivity index (χ4n) is 2.50. The van der Waals surface area contributed by atoms with E-state index in [4.69, 9.17) is 26.6 Å². The Morgan fingerprint density at radius 3 is 2.69 bits per heavy atom. The van der Waals surface area contributed by atoms with Crippen molar-refractivity contribution in [2.75, 3.05) is 12.8 Å². The normalized spacial score (nSPS) is 10.8. The first-order chi connectivity index (χ1) is 12.7. The minimum absolute atomic E-state index is 0.151. The maximum atomic E-state index is 6.20. The first-order valence-electron chi connectivity index (χ1n) is 7.62.